The number of aromatic amines is 1. The minimum absolute atomic E-state index is 0.211. The largest absolute Gasteiger partial charge is 0.463 e. The molecule has 3 aromatic rings. The molecule has 0 aliphatic heterocycles. The molecule has 0 saturated carbocycles. The Morgan fingerprint density at radius 3 is 2.62 bits per heavy atom. The van der Waals surface area contributed by atoms with Gasteiger partial charge in [-0.25, -0.2) is 9.78 Å². The molecule has 0 bridgehead atoms. The van der Waals surface area contributed by atoms with Crippen LogP contribution in [0, 0.1) is 13.8 Å². The lowest BCUT2D eigenvalue weighted by molar-refractivity contribution is -0.118. The molecule has 8 heteroatoms. The molecule has 1 amide bonds. The normalized spacial score (nSPS) is 10.4. The van der Waals surface area contributed by atoms with Gasteiger partial charge in [0.05, 0.1) is 11.4 Å². The molecule has 0 spiro atoms. The van der Waals surface area contributed by atoms with Crippen LogP contribution in [0.1, 0.15) is 42.3 Å². The second-order valence-corrected chi connectivity index (χ2v) is 5.95. The van der Waals surface area contributed by atoms with E-state index in [0.717, 1.165) is 39.0 Å². The number of hydrogen-bond donors (Lipinski definition) is 3. The van der Waals surface area contributed by atoms with E-state index >= 15 is 0 Å². The van der Waals surface area contributed by atoms with Crippen molar-refractivity contribution in [3.63, 3.8) is 0 Å². The van der Waals surface area contributed by atoms with E-state index in [1.54, 1.807) is 13.1 Å². The number of primary amides is 1. The SMILES string of the molecule is CCCC(N)=O.Cc1nn(C(=O)O)c(C)c1Cc1c[nH]c2ncccc12. The average Bonchev–Trinajstić information content (AvgIpc) is 3.12. The standard InChI is InChI=1S/C14H14N4O2.C4H9NO/c1-8-12(9(2)18(17-8)14(19)20)6-10-7-16-13-11(10)4-3-5-15-13;1-2-3-4(5)6/h3-5,7H,6H2,1-2H3,(H,15,16)(H,19,20);2-3H2,1H3,(H2,5,6). The summed E-state index contributed by atoms with van der Waals surface area (Å²) < 4.78 is 1.03. The van der Waals surface area contributed by atoms with Crippen molar-refractivity contribution in [3.05, 3.63) is 47.0 Å². The predicted molar refractivity (Wildman–Crippen MR) is 98.1 cm³/mol. The zero-order valence-corrected chi connectivity index (χ0v) is 15.1. The second kappa shape index (κ2) is 8.28. The van der Waals surface area contributed by atoms with Crippen LogP contribution in [0.4, 0.5) is 4.79 Å². The minimum atomic E-state index is -1.06. The van der Waals surface area contributed by atoms with Crippen LogP contribution in [0.2, 0.25) is 0 Å². The first kappa shape index (κ1) is 19.2. The fourth-order valence-corrected chi connectivity index (χ4v) is 2.71. The van der Waals surface area contributed by atoms with Gasteiger partial charge in [-0.3, -0.25) is 4.79 Å². The van der Waals surface area contributed by atoms with Gasteiger partial charge in [-0.2, -0.15) is 9.78 Å². The fourth-order valence-electron chi connectivity index (χ4n) is 2.71. The molecule has 0 radical (unpaired) electrons. The summed E-state index contributed by atoms with van der Waals surface area (Å²) in [6, 6.07) is 3.89. The second-order valence-electron chi connectivity index (χ2n) is 5.95. The average molecular weight is 357 g/mol. The van der Waals surface area contributed by atoms with E-state index in [1.807, 2.05) is 32.2 Å². The third-order valence-corrected chi connectivity index (χ3v) is 4.02. The molecule has 0 saturated heterocycles. The van der Waals surface area contributed by atoms with Gasteiger partial charge in [0.1, 0.15) is 5.65 Å². The minimum Gasteiger partial charge on any atom is -0.463 e. The molecule has 3 heterocycles. The molecule has 8 nitrogen and oxygen atoms in total. The van der Waals surface area contributed by atoms with Gasteiger partial charge in [0.15, 0.2) is 0 Å². The van der Waals surface area contributed by atoms with Gasteiger partial charge in [0, 0.05) is 36.2 Å². The number of nitrogens with two attached hydrogens (primary N) is 1. The van der Waals surface area contributed by atoms with E-state index in [0.29, 0.717) is 18.5 Å². The van der Waals surface area contributed by atoms with Gasteiger partial charge in [-0.05, 0) is 38.0 Å². The maximum Gasteiger partial charge on any atom is 0.432 e. The Kier molecular flexibility index (Phi) is 6.11. The summed E-state index contributed by atoms with van der Waals surface area (Å²) in [5, 5.41) is 14.2. The van der Waals surface area contributed by atoms with Gasteiger partial charge in [-0.1, -0.05) is 6.92 Å². The molecule has 0 unspecified atom stereocenters. The highest BCUT2D eigenvalue weighted by atomic mass is 16.4. The van der Waals surface area contributed by atoms with Gasteiger partial charge < -0.3 is 15.8 Å². The Morgan fingerprint density at radius 1 is 1.35 bits per heavy atom. The molecule has 26 heavy (non-hydrogen) atoms. The van der Waals surface area contributed by atoms with E-state index in [1.165, 1.54) is 0 Å². The zero-order valence-electron chi connectivity index (χ0n) is 15.1. The lowest BCUT2D eigenvalue weighted by atomic mass is 10.0. The van der Waals surface area contributed by atoms with E-state index in [2.05, 4.69) is 15.1 Å². The molecule has 0 fully saturated rings. The van der Waals surface area contributed by atoms with Crippen LogP contribution in [0.25, 0.3) is 11.0 Å². The highest BCUT2D eigenvalue weighted by Crippen LogP contribution is 2.22. The number of hydrogen-bond acceptors (Lipinski definition) is 4. The molecule has 4 N–H and O–H groups in total. The molecule has 138 valence electrons. The summed E-state index contributed by atoms with van der Waals surface area (Å²) in [5.41, 5.74) is 9.03. The van der Waals surface area contributed by atoms with Crippen molar-refractivity contribution < 1.29 is 14.7 Å². The predicted octanol–water partition coefficient (Wildman–Crippen LogP) is 2.76. The number of aryl methyl sites for hydroxylation is 1. The Hall–Kier alpha value is -3.16. The molecule has 3 aromatic heterocycles. The van der Waals surface area contributed by atoms with Gasteiger partial charge in [0.2, 0.25) is 5.91 Å². The molecular weight excluding hydrogens is 334 g/mol. The summed E-state index contributed by atoms with van der Waals surface area (Å²) in [6.07, 6.45) is 4.60. The summed E-state index contributed by atoms with van der Waals surface area (Å²) in [4.78, 5) is 28.3. The van der Waals surface area contributed by atoms with Crippen LogP contribution in [0.5, 0.6) is 0 Å². The monoisotopic (exact) mass is 357 g/mol. The van der Waals surface area contributed by atoms with Crippen LogP contribution in [0.15, 0.2) is 24.5 Å². The first-order chi connectivity index (χ1) is 12.3. The number of carboxylic acid groups (broad SMARTS) is 1. The first-order valence-electron chi connectivity index (χ1n) is 8.32. The number of carbonyl (C=O) groups is 2. The maximum absolute atomic E-state index is 11.1. The number of pyridine rings is 1. The topological polar surface area (TPSA) is 127 Å². The zero-order chi connectivity index (χ0) is 19.3. The molecule has 0 aliphatic carbocycles. The maximum atomic E-state index is 11.1. The first-order valence-corrected chi connectivity index (χ1v) is 8.32. The number of carbonyl (C=O) groups excluding carboxylic acids is 1. The van der Waals surface area contributed by atoms with Gasteiger partial charge in [-0.15, -0.1) is 0 Å². The van der Waals surface area contributed by atoms with Crippen molar-refractivity contribution in [2.45, 2.75) is 40.0 Å². The van der Waals surface area contributed by atoms with Crippen molar-refractivity contribution in [2.24, 2.45) is 5.73 Å². The van der Waals surface area contributed by atoms with E-state index in [-0.39, 0.29) is 5.91 Å². The number of rotatable bonds is 4. The molecular formula is C18H23N5O3. The van der Waals surface area contributed by atoms with Crippen LogP contribution >= 0.6 is 0 Å². The van der Waals surface area contributed by atoms with Crippen LogP contribution < -0.4 is 5.73 Å². The molecule has 0 atom stereocenters. The summed E-state index contributed by atoms with van der Waals surface area (Å²) in [6.45, 7) is 5.52. The molecule has 0 aliphatic rings. The highest BCUT2D eigenvalue weighted by Gasteiger charge is 2.17. The van der Waals surface area contributed by atoms with E-state index in [4.69, 9.17) is 10.8 Å². The van der Waals surface area contributed by atoms with Crippen LogP contribution in [-0.4, -0.2) is 36.9 Å². The summed E-state index contributed by atoms with van der Waals surface area (Å²) in [5.74, 6) is -0.211. The number of aromatic nitrogens is 4. The number of nitrogens with one attached hydrogen (secondary N) is 1. The highest BCUT2D eigenvalue weighted by molar-refractivity contribution is 5.80. The Bertz CT molecular complexity index is 926. The fraction of sp³-hybridized carbons (Fsp3) is 0.333. The quantitative estimate of drug-likeness (QED) is 0.661. The van der Waals surface area contributed by atoms with Gasteiger partial charge in [0.25, 0.3) is 0 Å². The van der Waals surface area contributed by atoms with Crippen molar-refractivity contribution in [3.8, 4) is 0 Å². The van der Waals surface area contributed by atoms with E-state index < -0.39 is 6.09 Å². The molecule has 0 aromatic carbocycles. The Balaban J connectivity index is 0.000000352. The smallest absolute Gasteiger partial charge is 0.432 e. The number of H-pyrrole nitrogens is 1. The summed E-state index contributed by atoms with van der Waals surface area (Å²) >= 11 is 0. The Morgan fingerprint density at radius 2 is 2.08 bits per heavy atom. The van der Waals surface area contributed by atoms with E-state index in [9.17, 15) is 9.59 Å². The van der Waals surface area contributed by atoms with Gasteiger partial charge >= 0.3 is 6.09 Å². The third kappa shape index (κ3) is 4.27. The number of fused-ring (bicyclic) bond motifs is 1. The van der Waals surface area contributed by atoms with Crippen molar-refractivity contribution in [1.29, 1.82) is 0 Å². The lowest BCUT2D eigenvalue weighted by Gasteiger charge is -2.01. The number of nitrogens with zero attached hydrogens (tertiary/aromatic N) is 3. The van der Waals surface area contributed by atoms with Crippen LogP contribution in [-0.2, 0) is 11.2 Å². The number of amides is 1. The summed E-state index contributed by atoms with van der Waals surface area (Å²) in [7, 11) is 0. The Labute approximate surface area is 151 Å². The lowest BCUT2D eigenvalue weighted by Crippen LogP contribution is -2.11. The van der Waals surface area contributed by atoms with Crippen molar-refractivity contribution in [1.82, 2.24) is 19.7 Å². The molecule has 3 rings (SSSR count). The third-order valence-electron chi connectivity index (χ3n) is 4.02. The van der Waals surface area contributed by atoms with Crippen LogP contribution in [0.3, 0.4) is 0 Å². The van der Waals surface area contributed by atoms with Crippen molar-refractivity contribution >= 4 is 23.0 Å². The van der Waals surface area contributed by atoms with Crippen molar-refractivity contribution in [2.75, 3.05) is 0 Å².